The number of aromatic nitrogens is 1. The molecule has 5 aliphatic rings. The van der Waals surface area contributed by atoms with E-state index in [0.717, 1.165) is 32.4 Å². The number of anilines is 1. The number of carbonyl (C=O) groups excluding carboxylic acids is 2. The van der Waals surface area contributed by atoms with E-state index in [1.165, 1.54) is 36.0 Å². The fourth-order valence-corrected chi connectivity index (χ4v) is 8.18. The van der Waals surface area contributed by atoms with Gasteiger partial charge in [-0.2, -0.15) is 0 Å². The molecule has 1 aromatic carbocycles. The van der Waals surface area contributed by atoms with E-state index in [1.54, 1.807) is 13.0 Å². The van der Waals surface area contributed by atoms with Crippen LogP contribution in [-0.4, -0.2) is 59.5 Å². The number of amides is 2. The Morgan fingerprint density at radius 3 is 2.36 bits per heavy atom. The van der Waals surface area contributed by atoms with E-state index in [-0.39, 0.29) is 16.7 Å². The summed E-state index contributed by atoms with van der Waals surface area (Å²) < 4.78 is 5.02. The number of rotatable bonds is 5. The van der Waals surface area contributed by atoms with Crippen molar-refractivity contribution in [2.24, 2.45) is 17.3 Å². The van der Waals surface area contributed by atoms with Gasteiger partial charge in [-0.15, -0.1) is 0 Å². The van der Waals surface area contributed by atoms with E-state index in [0.29, 0.717) is 49.0 Å². The minimum absolute atomic E-state index is 0.0977. The predicted molar refractivity (Wildman–Crippen MR) is 138 cm³/mol. The Morgan fingerprint density at radius 1 is 1.00 bits per heavy atom. The molecule has 7 rings (SSSR count). The summed E-state index contributed by atoms with van der Waals surface area (Å²) in [5.41, 5.74) is 4.14. The van der Waals surface area contributed by atoms with Crippen LogP contribution in [0.25, 0.3) is 0 Å². The molecule has 1 aliphatic heterocycles. The number of benzene rings is 1. The zero-order valence-electron chi connectivity index (χ0n) is 21.8. The first kappa shape index (κ1) is 23.7. The highest BCUT2D eigenvalue weighted by Gasteiger charge is 2.61. The maximum atomic E-state index is 14.1. The number of hydrogen-bond donors (Lipinski definition) is 1. The van der Waals surface area contributed by atoms with Gasteiger partial charge in [0.1, 0.15) is 5.76 Å². The molecule has 5 fully saturated rings. The summed E-state index contributed by atoms with van der Waals surface area (Å²) in [6.07, 6.45) is 6.93. The van der Waals surface area contributed by atoms with Crippen molar-refractivity contribution in [1.82, 2.24) is 15.0 Å². The zero-order valence-corrected chi connectivity index (χ0v) is 21.8. The Hall–Kier alpha value is -2.67. The van der Waals surface area contributed by atoms with Gasteiger partial charge in [-0.05, 0) is 93.2 Å². The molecule has 2 amide bonds. The predicted octanol–water partition coefficient (Wildman–Crippen LogP) is 4.22. The monoisotopic (exact) mass is 490 g/mol. The highest BCUT2D eigenvalue weighted by Crippen LogP contribution is 2.66. The average Bonchev–Trinajstić information content (AvgIpc) is 3.24. The highest BCUT2D eigenvalue weighted by molar-refractivity contribution is 5.91. The van der Waals surface area contributed by atoms with Gasteiger partial charge in [-0.3, -0.25) is 14.5 Å². The molecule has 7 nitrogen and oxygen atoms in total. The molecule has 36 heavy (non-hydrogen) atoms. The number of nitrogens with zero attached hydrogens (tertiary/aromatic N) is 3. The third-order valence-electron chi connectivity index (χ3n) is 9.56. The lowest BCUT2D eigenvalue weighted by Crippen LogP contribution is -2.61. The molecule has 0 radical (unpaired) electrons. The molecular weight excluding hydrogens is 452 g/mol. The largest absolute Gasteiger partial charge is 0.360 e. The molecule has 7 heteroatoms. The number of hydrogen-bond acceptors (Lipinski definition) is 5. The summed E-state index contributed by atoms with van der Waals surface area (Å²) in [6, 6.07) is 8.74. The van der Waals surface area contributed by atoms with Crippen LogP contribution in [0.5, 0.6) is 0 Å². The van der Waals surface area contributed by atoms with Crippen LogP contribution in [0, 0.1) is 38.0 Å². The van der Waals surface area contributed by atoms with Crippen molar-refractivity contribution in [3.63, 3.8) is 0 Å². The van der Waals surface area contributed by atoms with Crippen molar-refractivity contribution >= 4 is 17.6 Å². The summed E-state index contributed by atoms with van der Waals surface area (Å²) in [4.78, 5) is 30.8. The molecule has 0 spiro atoms. The minimum Gasteiger partial charge on any atom is -0.360 e. The number of aryl methyl sites for hydroxylation is 3. The van der Waals surface area contributed by atoms with Crippen molar-refractivity contribution in [2.45, 2.75) is 64.7 Å². The van der Waals surface area contributed by atoms with E-state index < -0.39 is 0 Å². The highest BCUT2D eigenvalue weighted by atomic mass is 16.5. The molecule has 192 valence electrons. The van der Waals surface area contributed by atoms with Crippen LogP contribution in [0.2, 0.25) is 0 Å². The molecule has 2 atom stereocenters. The third-order valence-corrected chi connectivity index (χ3v) is 9.56. The lowest BCUT2D eigenvalue weighted by Gasteiger charge is -2.62. The van der Waals surface area contributed by atoms with Crippen LogP contribution in [0.4, 0.5) is 5.82 Å². The van der Waals surface area contributed by atoms with Crippen LogP contribution < -0.4 is 5.32 Å². The molecule has 4 bridgehead atoms. The summed E-state index contributed by atoms with van der Waals surface area (Å²) in [7, 11) is 0. The Kier molecular flexibility index (Phi) is 5.74. The topological polar surface area (TPSA) is 78.7 Å². The van der Waals surface area contributed by atoms with Gasteiger partial charge >= 0.3 is 0 Å². The Bertz CT molecular complexity index is 1160. The smallest absolute Gasteiger partial charge is 0.239 e. The SMILES string of the molecule is Cc1cc(NC(=O)CN2CCN(C(=O)C34CC5CC(C3)CC(c3ccc(C)c(C)c3)(C5)C4)CC2)no1. The van der Waals surface area contributed by atoms with Crippen LogP contribution >= 0.6 is 0 Å². The van der Waals surface area contributed by atoms with Gasteiger partial charge < -0.3 is 14.7 Å². The van der Waals surface area contributed by atoms with Crippen molar-refractivity contribution in [2.75, 3.05) is 38.0 Å². The first-order valence-electron chi connectivity index (χ1n) is 13.6. The molecule has 1 N–H and O–H groups in total. The fraction of sp³-hybridized carbons (Fsp3) is 0.621. The van der Waals surface area contributed by atoms with Gasteiger partial charge in [0.2, 0.25) is 11.8 Å². The fourth-order valence-electron chi connectivity index (χ4n) is 8.18. The van der Waals surface area contributed by atoms with Crippen molar-refractivity contribution in [1.29, 1.82) is 0 Å². The number of nitrogens with one attached hydrogen (secondary N) is 1. The van der Waals surface area contributed by atoms with Gasteiger partial charge in [0, 0.05) is 32.2 Å². The second kappa shape index (κ2) is 8.72. The first-order chi connectivity index (χ1) is 17.2. The van der Waals surface area contributed by atoms with Gasteiger partial charge in [-0.25, -0.2) is 0 Å². The van der Waals surface area contributed by atoms with E-state index in [2.05, 4.69) is 52.3 Å². The minimum atomic E-state index is -0.201. The molecule has 4 aliphatic carbocycles. The maximum absolute atomic E-state index is 14.1. The number of carbonyl (C=O) groups is 2. The summed E-state index contributed by atoms with van der Waals surface area (Å²) in [5.74, 6) is 2.74. The summed E-state index contributed by atoms with van der Waals surface area (Å²) >= 11 is 0. The van der Waals surface area contributed by atoms with Crippen LogP contribution in [0.1, 0.15) is 61.0 Å². The normalized spacial score (nSPS) is 31.6. The summed E-state index contributed by atoms with van der Waals surface area (Å²) in [6.45, 7) is 9.34. The molecule has 1 saturated heterocycles. The molecule has 2 unspecified atom stereocenters. The second-order valence-corrected chi connectivity index (χ2v) is 12.3. The van der Waals surface area contributed by atoms with E-state index in [4.69, 9.17) is 4.52 Å². The standard InChI is InChI=1S/C29H38N4O3/c1-19-4-5-24(10-20(19)2)28-13-22-12-23(14-28)16-29(15-22,18-28)27(35)33-8-6-32(7-9-33)17-26(34)30-25-11-21(3)36-31-25/h4-5,10-11,22-23H,6-9,12-18H2,1-3H3,(H,30,31,34). The quantitative estimate of drug-likeness (QED) is 0.679. The lowest BCUT2D eigenvalue weighted by atomic mass is 9.42. The Balaban J connectivity index is 1.12. The van der Waals surface area contributed by atoms with Gasteiger partial charge in [0.05, 0.1) is 12.0 Å². The van der Waals surface area contributed by atoms with Gasteiger partial charge in [0.15, 0.2) is 5.82 Å². The number of piperazine rings is 1. The zero-order chi connectivity index (χ0) is 25.1. The van der Waals surface area contributed by atoms with E-state index in [1.807, 2.05) is 0 Å². The lowest BCUT2D eigenvalue weighted by molar-refractivity contribution is -0.162. The van der Waals surface area contributed by atoms with Crippen LogP contribution in [-0.2, 0) is 15.0 Å². The second-order valence-electron chi connectivity index (χ2n) is 12.3. The Morgan fingerprint density at radius 2 is 1.72 bits per heavy atom. The molecule has 1 aromatic heterocycles. The summed E-state index contributed by atoms with van der Waals surface area (Å²) in [5, 5.41) is 6.63. The third kappa shape index (κ3) is 4.15. The first-order valence-corrected chi connectivity index (χ1v) is 13.6. The van der Waals surface area contributed by atoms with Crippen molar-refractivity contribution in [3.8, 4) is 0 Å². The molecule has 2 heterocycles. The van der Waals surface area contributed by atoms with Gasteiger partial charge in [-0.1, -0.05) is 23.4 Å². The molecule has 4 saturated carbocycles. The van der Waals surface area contributed by atoms with E-state index >= 15 is 0 Å². The molecule has 2 aromatic rings. The van der Waals surface area contributed by atoms with Crippen molar-refractivity contribution < 1.29 is 14.1 Å². The van der Waals surface area contributed by atoms with E-state index in [9.17, 15) is 9.59 Å². The van der Waals surface area contributed by atoms with Crippen LogP contribution in [0.3, 0.4) is 0 Å². The van der Waals surface area contributed by atoms with Crippen molar-refractivity contribution in [3.05, 3.63) is 46.7 Å². The Labute approximate surface area is 213 Å². The maximum Gasteiger partial charge on any atom is 0.239 e. The molecular formula is C29H38N4O3. The average molecular weight is 491 g/mol. The van der Waals surface area contributed by atoms with Crippen LogP contribution in [0.15, 0.2) is 28.8 Å². The van der Waals surface area contributed by atoms with Gasteiger partial charge in [0.25, 0.3) is 0 Å².